The van der Waals surface area contributed by atoms with Gasteiger partial charge < -0.3 is 4.42 Å². The minimum atomic E-state index is -0.328. The van der Waals surface area contributed by atoms with E-state index < -0.39 is 0 Å². The molecule has 5 rings (SSSR count). The molecule has 0 amide bonds. The molecule has 0 aliphatic heterocycles. The summed E-state index contributed by atoms with van der Waals surface area (Å²) in [5, 5.41) is 4.15. The van der Waals surface area contributed by atoms with Crippen LogP contribution in [0.2, 0.25) is 0 Å². The Hall–Kier alpha value is -3.54. The summed E-state index contributed by atoms with van der Waals surface area (Å²) in [6.07, 6.45) is 8.27. The van der Waals surface area contributed by atoms with E-state index in [2.05, 4.69) is 142 Å². The summed E-state index contributed by atoms with van der Waals surface area (Å²) in [7, 11) is 0. The fourth-order valence-electron chi connectivity index (χ4n) is 6.03. The van der Waals surface area contributed by atoms with Gasteiger partial charge in [0.25, 0.3) is 0 Å². The van der Waals surface area contributed by atoms with Crippen LogP contribution in [0.15, 0.2) is 109 Å². The minimum absolute atomic E-state index is 0.110. The van der Waals surface area contributed by atoms with Crippen molar-refractivity contribution in [2.24, 2.45) is 21.7 Å². The van der Waals surface area contributed by atoms with Crippen LogP contribution in [0.4, 0.5) is 0 Å². The van der Waals surface area contributed by atoms with Gasteiger partial charge in [0.05, 0.1) is 0 Å². The van der Waals surface area contributed by atoms with Crippen LogP contribution < -0.4 is 0 Å². The molecule has 0 saturated carbocycles. The molecule has 0 fully saturated rings. The number of furan rings is 1. The second-order valence-electron chi connectivity index (χ2n) is 16.7. The topological polar surface area (TPSA) is 47.3 Å². The molecule has 47 heavy (non-hydrogen) atoms. The summed E-state index contributed by atoms with van der Waals surface area (Å²) in [5.41, 5.74) is 5.77. The highest BCUT2D eigenvalue weighted by Crippen LogP contribution is 2.45. The quantitative estimate of drug-likeness (QED) is 0.279. The lowest BCUT2D eigenvalue weighted by molar-refractivity contribution is -0.114. The van der Waals surface area contributed by atoms with Crippen molar-refractivity contribution in [1.29, 1.82) is 0 Å². The van der Waals surface area contributed by atoms with Crippen molar-refractivity contribution in [1.82, 2.24) is 0 Å². The molecular weight excluding hydrogens is 617 g/mol. The third-order valence-electron chi connectivity index (χ3n) is 8.62. The number of allylic oxidation sites excluding steroid dienone is 10. The van der Waals surface area contributed by atoms with E-state index in [0.29, 0.717) is 0 Å². The maximum atomic E-state index is 13.8. The van der Waals surface area contributed by atoms with Crippen LogP contribution in [0.25, 0.3) is 11.1 Å². The second-order valence-corrected chi connectivity index (χ2v) is 18.6. The molecule has 246 valence electrons. The van der Waals surface area contributed by atoms with Crippen molar-refractivity contribution in [3.05, 3.63) is 126 Å². The van der Waals surface area contributed by atoms with E-state index in [1.165, 1.54) is 0 Å². The van der Waals surface area contributed by atoms with Gasteiger partial charge in [-0.2, -0.15) is 0 Å². The van der Waals surface area contributed by atoms with Crippen molar-refractivity contribution < 1.29 is 14.0 Å². The lowest BCUT2D eigenvalue weighted by atomic mass is 9.71. The first-order valence-corrected chi connectivity index (χ1v) is 18.1. The van der Waals surface area contributed by atoms with Crippen LogP contribution in [0, 0.1) is 21.7 Å². The van der Waals surface area contributed by atoms with E-state index >= 15 is 0 Å². The normalized spacial score (nSPS) is 16.6. The first-order chi connectivity index (χ1) is 21.7. The summed E-state index contributed by atoms with van der Waals surface area (Å²) in [6, 6.07) is 12.4. The lowest BCUT2D eigenvalue weighted by Gasteiger charge is -2.32. The van der Waals surface area contributed by atoms with E-state index in [4.69, 9.17) is 4.42 Å². The highest BCUT2D eigenvalue weighted by Gasteiger charge is 2.37. The molecule has 0 N–H and O–H groups in total. The van der Waals surface area contributed by atoms with E-state index in [0.717, 1.165) is 65.9 Å². The zero-order valence-corrected chi connectivity index (χ0v) is 31.6. The first-order valence-electron chi connectivity index (χ1n) is 16.3. The molecule has 0 saturated heterocycles. The zero-order valence-electron chi connectivity index (χ0n) is 30.0. The molecule has 3 heterocycles. The molecule has 2 aliphatic rings. The Labute approximate surface area is 289 Å². The molecular formula is C42H48O3S2. The predicted molar refractivity (Wildman–Crippen MR) is 200 cm³/mol. The Bertz CT molecular complexity index is 1690. The van der Waals surface area contributed by atoms with E-state index in [9.17, 15) is 9.59 Å². The Morgan fingerprint density at radius 2 is 0.787 bits per heavy atom. The van der Waals surface area contributed by atoms with Crippen molar-refractivity contribution >= 4 is 45.4 Å². The molecule has 3 nitrogen and oxygen atoms in total. The van der Waals surface area contributed by atoms with Gasteiger partial charge in [-0.3, -0.25) is 9.59 Å². The number of thiophene rings is 2. The van der Waals surface area contributed by atoms with Gasteiger partial charge in [-0.15, -0.1) is 22.7 Å². The molecule has 0 radical (unpaired) electrons. The monoisotopic (exact) mass is 664 g/mol. The maximum Gasteiger partial charge on any atom is 0.186 e. The first kappa shape index (κ1) is 34.8. The summed E-state index contributed by atoms with van der Waals surface area (Å²) in [4.78, 5) is 29.8. The summed E-state index contributed by atoms with van der Waals surface area (Å²) in [6.45, 7) is 25.2. The molecule has 3 aromatic heterocycles. The number of hydrogen-bond donors (Lipinski definition) is 0. The molecule has 0 atom stereocenters. The average Bonchev–Trinajstić information content (AvgIpc) is 3.72. The zero-order chi connectivity index (χ0) is 34.7. The number of rotatable bonds is 4. The van der Waals surface area contributed by atoms with Crippen molar-refractivity contribution in [2.75, 3.05) is 0 Å². The van der Waals surface area contributed by atoms with Gasteiger partial charge in [-0.1, -0.05) is 95.2 Å². The Morgan fingerprint density at radius 1 is 0.489 bits per heavy atom. The van der Waals surface area contributed by atoms with Crippen molar-refractivity contribution in [2.45, 2.75) is 83.1 Å². The number of Topliss-reactive ketones (excluding diaryl/α,β-unsaturated/α-hetero) is 2. The van der Waals surface area contributed by atoms with Crippen molar-refractivity contribution in [3.63, 3.8) is 0 Å². The van der Waals surface area contributed by atoms with Crippen LogP contribution in [0.5, 0.6) is 0 Å². The number of carbonyl (C=O) groups is 2. The van der Waals surface area contributed by atoms with Crippen molar-refractivity contribution in [3.8, 4) is 0 Å². The highest BCUT2D eigenvalue weighted by atomic mass is 32.1. The smallest absolute Gasteiger partial charge is 0.186 e. The average molecular weight is 665 g/mol. The van der Waals surface area contributed by atoms with Gasteiger partial charge >= 0.3 is 0 Å². The largest absolute Gasteiger partial charge is 0.456 e. The third-order valence-corrected chi connectivity index (χ3v) is 10.4. The maximum absolute atomic E-state index is 13.8. The number of carbonyl (C=O) groups excluding carboxylic acids is 2. The van der Waals surface area contributed by atoms with Gasteiger partial charge in [0.2, 0.25) is 0 Å². The van der Waals surface area contributed by atoms with Gasteiger partial charge in [-0.25, -0.2) is 0 Å². The summed E-state index contributed by atoms with van der Waals surface area (Å²) < 4.78 is 6.91. The molecule has 0 spiro atoms. The summed E-state index contributed by atoms with van der Waals surface area (Å²) >= 11 is 3.32. The van der Waals surface area contributed by atoms with Crippen LogP contribution >= 0.6 is 22.7 Å². The molecule has 0 aromatic carbocycles. The molecule has 2 aliphatic carbocycles. The van der Waals surface area contributed by atoms with Crippen LogP contribution in [-0.4, -0.2) is 11.6 Å². The summed E-state index contributed by atoms with van der Waals surface area (Å²) in [5.74, 6) is 1.70. The van der Waals surface area contributed by atoms with Crippen LogP contribution in [0.1, 0.15) is 104 Å². The molecule has 0 unspecified atom stereocenters. The third kappa shape index (κ3) is 7.03. The van der Waals surface area contributed by atoms with E-state index in [-0.39, 0.29) is 33.2 Å². The standard InChI is InChI=1S/C42H48O3S2/c1-39(2,3)27-21-25(22-28(37(27)43)40(4,5)6)35(33-15-13-19-46-33)31-17-18-32(45-31)36(34-16-14-20-47-34)26-23-29(41(7,8)9)38(44)30(24-26)42(10,11)12/h13-24H,1-12H3. The fraction of sp³-hybridized carbons (Fsp3) is 0.381. The van der Waals surface area contributed by atoms with E-state index in [1.54, 1.807) is 22.7 Å². The van der Waals surface area contributed by atoms with Gasteiger partial charge in [0.15, 0.2) is 11.6 Å². The molecule has 0 bridgehead atoms. The second kappa shape index (κ2) is 12.2. The Kier molecular flexibility index (Phi) is 9.00. The fourth-order valence-corrected chi connectivity index (χ4v) is 7.63. The lowest BCUT2D eigenvalue weighted by Crippen LogP contribution is -2.28. The van der Waals surface area contributed by atoms with Gasteiger partial charge in [0, 0.05) is 43.2 Å². The number of hydrogen-bond acceptors (Lipinski definition) is 5. The van der Waals surface area contributed by atoms with Crippen LogP contribution in [-0.2, 0) is 9.59 Å². The SMILES string of the molecule is CC(C)(C)C1=CC(=C(c2ccc(C(=C3C=C(C(C)(C)C)C(=O)C(C(C)(C)C)=C3)c3cccs3)o2)c2cccs2)C=C(C(C)(C)C)C1=O. The Balaban J connectivity index is 1.82. The molecule has 5 heteroatoms. The van der Waals surface area contributed by atoms with Gasteiger partial charge in [0.1, 0.15) is 11.5 Å². The van der Waals surface area contributed by atoms with Gasteiger partial charge in [-0.05, 0) is 92.1 Å². The minimum Gasteiger partial charge on any atom is -0.456 e. The number of ketones is 2. The Morgan fingerprint density at radius 3 is 1.02 bits per heavy atom. The highest BCUT2D eigenvalue weighted by molar-refractivity contribution is 7.11. The molecule has 3 aromatic rings. The predicted octanol–water partition coefficient (Wildman–Crippen LogP) is 12.1. The van der Waals surface area contributed by atoms with E-state index in [1.807, 2.05) is 12.1 Å². The van der Waals surface area contributed by atoms with Crippen LogP contribution in [0.3, 0.4) is 0 Å².